The van der Waals surface area contributed by atoms with Gasteiger partial charge in [-0.3, -0.25) is 0 Å². The van der Waals surface area contributed by atoms with E-state index in [0.717, 1.165) is 12.8 Å². The van der Waals surface area contributed by atoms with Crippen molar-refractivity contribution in [1.29, 1.82) is 0 Å². The second kappa shape index (κ2) is 6.62. The predicted octanol–water partition coefficient (Wildman–Crippen LogP) is 5.49. The Balaban J connectivity index is 1.81. The van der Waals surface area contributed by atoms with E-state index in [9.17, 15) is 0 Å². The minimum Gasteiger partial charge on any atom is -0.0620 e. The van der Waals surface area contributed by atoms with Crippen LogP contribution in [-0.4, -0.2) is 0 Å². The molecule has 0 unspecified atom stereocenters. The molecule has 0 nitrogen and oxygen atoms in total. The first-order valence-corrected chi connectivity index (χ1v) is 7.89. The molecule has 0 bridgehead atoms. The Bertz CT molecular complexity index is 706. The van der Waals surface area contributed by atoms with Gasteiger partial charge in [-0.25, -0.2) is 0 Å². The van der Waals surface area contributed by atoms with Crippen LogP contribution >= 0.6 is 0 Å². The van der Waals surface area contributed by atoms with Gasteiger partial charge in [0.2, 0.25) is 0 Å². The Morgan fingerprint density at radius 2 is 1.00 bits per heavy atom. The van der Waals surface area contributed by atoms with Crippen LogP contribution < -0.4 is 0 Å². The van der Waals surface area contributed by atoms with Crippen LogP contribution in [0.1, 0.15) is 33.4 Å². The van der Waals surface area contributed by atoms with Gasteiger partial charge in [0.05, 0.1) is 0 Å². The molecule has 0 heterocycles. The highest BCUT2D eigenvalue weighted by atomic mass is 14.1. The lowest BCUT2D eigenvalue weighted by atomic mass is 9.96. The maximum atomic E-state index is 2.35. The van der Waals surface area contributed by atoms with Gasteiger partial charge in [0.25, 0.3) is 0 Å². The van der Waals surface area contributed by atoms with Gasteiger partial charge in [0.1, 0.15) is 0 Å². The standard InChI is InChI=1S/C22H22/c1-17-8-3-5-12-21(17)15-19-10-7-11-20(14-19)16-22-13-6-4-9-18(22)2/h3-14H,15-16H2,1-2H3. The molecule has 3 aromatic rings. The zero-order valence-electron chi connectivity index (χ0n) is 13.3. The fraction of sp³-hybridized carbons (Fsp3) is 0.182. The Morgan fingerprint density at radius 3 is 1.45 bits per heavy atom. The van der Waals surface area contributed by atoms with Crippen LogP contribution in [0.4, 0.5) is 0 Å². The van der Waals surface area contributed by atoms with Gasteiger partial charge in [-0.1, -0.05) is 72.8 Å². The SMILES string of the molecule is Cc1ccccc1Cc1cccc(Cc2ccccc2C)c1. The van der Waals surface area contributed by atoms with Crippen molar-refractivity contribution in [2.24, 2.45) is 0 Å². The molecule has 0 aliphatic carbocycles. The molecule has 0 fully saturated rings. The molecule has 0 aliphatic heterocycles. The topological polar surface area (TPSA) is 0 Å². The Morgan fingerprint density at radius 1 is 0.545 bits per heavy atom. The molecule has 110 valence electrons. The van der Waals surface area contributed by atoms with Crippen molar-refractivity contribution in [3.63, 3.8) is 0 Å². The van der Waals surface area contributed by atoms with Crippen LogP contribution in [0.2, 0.25) is 0 Å². The fourth-order valence-electron chi connectivity index (χ4n) is 2.91. The van der Waals surface area contributed by atoms with Gasteiger partial charge in [-0.05, 0) is 60.1 Å². The number of hydrogen-bond donors (Lipinski definition) is 0. The van der Waals surface area contributed by atoms with Crippen molar-refractivity contribution in [1.82, 2.24) is 0 Å². The molecule has 0 saturated carbocycles. The van der Waals surface area contributed by atoms with E-state index in [1.165, 1.54) is 33.4 Å². The van der Waals surface area contributed by atoms with Crippen molar-refractivity contribution in [2.75, 3.05) is 0 Å². The van der Waals surface area contributed by atoms with Crippen molar-refractivity contribution in [3.8, 4) is 0 Å². The van der Waals surface area contributed by atoms with Crippen LogP contribution in [0.5, 0.6) is 0 Å². The summed E-state index contributed by atoms with van der Waals surface area (Å²) < 4.78 is 0. The lowest BCUT2D eigenvalue weighted by Gasteiger charge is -2.09. The molecular weight excluding hydrogens is 264 g/mol. The fourth-order valence-corrected chi connectivity index (χ4v) is 2.91. The molecule has 22 heavy (non-hydrogen) atoms. The van der Waals surface area contributed by atoms with E-state index in [4.69, 9.17) is 0 Å². The molecule has 3 aromatic carbocycles. The number of benzene rings is 3. The van der Waals surface area contributed by atoms with E-state index in [2.05, 4.69) is 86.6 Å². The lowest BCUT2D eigenvalue weighted by Crippen LogP contribution is -1.95. The Hall–Kier alpha value is -2.34. The highest BCUT2D eigenvalue weighted by molar-refractivity contribution is 5.36. The van der Waals surface area contributed by atoms with Gasteiger partial charge >= 0.3 is 0 Å². The van der Waals surface area contributed by atoms with E-state index < -0.39 is 0 Å². The van der Waals surface area contributed by atoms with Crippen molar-refractivity contribution in [2.45, 2.75) is 26.7 Å². The monoisotopic (exact) mass is 286 g/mol. The third kappa shape index (κ3) is 3.46. The highest BCUT2D eigenvalue weighted by Gasteiger charge is 2.03. The molecule has 3 rings (SSSR count). The molecule has 0 spiro atoms. The number of rotatable bonds is 4. The van der Waals surface area contributed by atoms with Crippen LogP contribution in [0.25, 0.3) is 0 Å². The summed E-state index contributed by atoms with van der Waals surface area (Å²) in [5.74, 6) is 0. The van der Waals surface area contributed by atoms with Gasteiger partial charge < -0.3 is 0 Å². The largest absolute Gasteiger partial charge is 0.0620 e. The average molecular weight is 286 g/mol. The van der Waals surface area contributed by atoms with Gasteiger partial charge in [0.15, 0.2) is 0 Å². The Kier molecular flexibility index (Phi) is 4.39. The number of aryl methyl sites for hydroxylation is 2. The lowest BCUT2D eigenvalue weighted by molar-refractivity contribution is 1.11. The summed E-state index contributed by atoms with van der Waals surface area (Å²) in [6, 6.07) is 26.3. The predicted molar refractivity (Wildman–Crippen MR) is 94.4 cm³/mol. The van der Waals surface area contributed by atoms with Gasteiger partial charge in [-0.2, -0.15) is 0 Å². The first-order chi connectivity index (χ1) is 10.7. The number of hydrogen-bond acceptors (Lipinski definition) is 0. The first-order valence-electron chi connectivity index (χ1n) is 7.89. The van der Waals surface area contributed by atoms with Crippen molar-refractivity contribution >= 4 is 0 Å². The molecule has 0 saturated heterocycles. The minimum atomic E-state index is 1.01. The maximum Gasteiger partial charge on any atom is -0.00230 e. The Labute approximate surface area is 133 Å². The van der Waals surface area contributed by atoms with E-state index in [0.29, 0.717) is 0 Å². The normalized spacial score (nSPS) is 10.6. The highest BCUT2D eigenvalue weighted by Crippen LogP contribution is 2.18. The third-order valence-corrected chi connectivity index (χ3v) is 4.30. The summed E-state index contributed by atoms with van der Waals surface area (Å²) in [7, 11) is 0. The summed E-state index contributed by atoms with van der Waals surface area (Å²) in [5.41, 5.74) is 8.34. The van der Waals surface area contributed by atoms with Crippen molar-refractivity contribution < 1.29 is 0 Å². The van der Waals surface area contributed by atoms with E-state index in [1.807, 2.05) is 0 Å². The molecule has 0 N–H and O–H groups in total. The van der Waals surface area contributed by atoms with E-state index >= 15 is 0 Å². The second-order valence-corrected chi connectivity index (χ2v) is 6.03. The molecule has 0 atom stereocenters. The summed E-state index contributed by atoms with van der Waals surface area (Å²) in [6.45, 7) is 4.37. The molecular formula is C22H22. The van der Waals surface area contributed by atoms with Crippen LogP contribution in [0.3, 0.4) is 0 Å². The zero-order valence-corrected chi connectivity index (χ0v) is 13.3. The van der Waals surface area contributed by atoms with Crippen LogP contribution in [-0.2, 0) is 12.8 Å². The molecule has 0 aliphatic rings. The summed E-state index contributed by atoms with van der Waals surface area (Å²) in [4.78, 5) is 0. The smallest absolute Gasteiger partial charge is 0.00230 e. The summed E-state index contributed by atoms with van der Waals surface area (Å²) in [6.07, 6.45) is 2.02. The van der Waals surface area contributed by atoms with E-state index in [-0.39, 0.29) is 0 Å². The van der Waals surface area contributed by atoms with Crippen LogP contribution in [0.15, 0.2) is 72.8 Å². The van der Waals surface area contributed by atoms with Gasteiger partial charge in [-0.15, -0.1) is 0 Å². The first kappa shape index (κ1) is 14.6. The summed E-state index contributed by atoms with van der Waals surface area (Å²) >= 11 is 0. The molecule has 0 heteroatoms. The third-order valence-electron chi connectivity index (χ3n) is 4.30. The van der Waals surface area contributed by atoms with Crippen LogP contribution in [0, 0.1) is 13.8 Å². The van der Waals surface area contributed by atoms with Crippen molar-refractivity contribution in [3.05, 3.63) is 106 Å². The zero-order chi connectivity index (χ0) is 15.4. The average Bonchev–Trinajstić information content (AvgIpc) is 2.52. The summed E-state index contributed by atoms with van der Waals surface area (Å²) in [5, 5.41) is 0. The quantitative estimate of drug-likeness (QED) is 0.595. The second-order valence-electron chi connectivity index (χ2n) is 6.03. The minimum absolute atomic E-state index is 1.01. The van der Waals surface area contributed by atoms with Gasteiger partial charge in [0, 0.05) is 0 Å². The molecule has 0 amide bonds. The van der Waals surface area contributed by atoms with E-state index in [1.54, 1.807) is 0 Å². The molecule has 0 aromatic heterocycles. The maximum absolute atomic E-state index is 2.35. The molecule has 0 radical (unpaired) electrons.